The van der Waals surface area contributed by atoms with Gasteiger partial charge in [-0.1, -0.05) is 13.8 Å². The molecule has 1 saturated heterocycles. The number of hydrogen-bond donors (Lipinski definition) is 0. The van der Waals surface area contributed by atoms with E-state index in [2.05, 4.69) is 0 Å². The third-order valence-electron chi connectivity index (χ3n) is 3.85. The first-order chi connectivity index (χ1) is 9.14. The Labute approximate surface area is 118 Å². The highest BCUT2D eigenvalue weighted by molar-refractivity contribution is 6.10. The zero-order valence-corrected chi connectivity index (χ0v) is 12.6. The van der Waals surface area contributed by atoms with Gasteiger partial charge in [-0.3, -0.25) is 24.1 Å². The lowest BCUT2D eigenvalue weighted by atomic mass is 9.88. The molecule has 0 saturated carbocycles. The van der Waals surface area contributed by atoms with Crippen molar-refractivity contribution in [2.75, 3.05) is 13.2 Å². The SMILES string of the molecule is CCOC(=O)C(C)(C)C(=O)CN1C(=O)C(C)C(C)C1=O. The summed E-state index contributed by atoms with van der Waals surface area (Å²) in [6, 6.07) is 0. The second kappa shape index (κ2) is 5.73. The van der Waals surface area contributed by atoms with Crippen molar-refractivity contribution >= 4 is 23.6 Å². The van der Waals surface area contributed by atoms with Crippen LogP contribution in [0.15, 0.2) is 0 Å². The molecule has 1 aliphatic rings. The second-order valence-corrected chi connectivity index (χ2v) is 5.61. The third kappa shape index (κ3) is 2.73. The Balaban J connectivity index is 2.83. The minimum atomic E-state index is -1.37. The van der Waals surface area contributed by atoms with Gasteiger partial charge in [-0.25, -0.2) is 0 Å². The second-order valence-electron chi connectivity index (χ2n) is 5.61. The normalized spacial score (nSPS) is 23.1. The number of carbonyl (C=O) groups excluding carboxylic acids is 4. The number of ether oxygens (including phenoxy) is 1. The van der Waals surface area contributed by atoms with E-state index in [-0.39, 0.29) is 25.0 Å². The molecule has 2 unspecified atom stereocenters. The molecule has 0 bridgehead atoms. The van der Waals surface area contributed by atoms with E-state index in [1.807, 2.05) is 0 Å². The summed E-state index contributed by atoms with van der Waals surface area (Å²) in [4.78, 5) is 48.7. The number of likely N-dealkylation sites (tertiary alicyclic amines) is 1. The number of carbonyl (C=O) groups is 4. The Morgan fingerprint density at radius 1 is 1.15 bits per heavy atom. The number of ketones is 1. The number of amides is 2. The van der Waals surface area contributed by atoms with Gasteiger partial charge >= 0.3 is 5.97 Å². The lowest BCUT2D eigenvalue weighted by Crippen LogP contribution is -2.44. The van der Waals surface area contributed by atoms with Crippen molar-refractivity contribution in [1.29, 1.82) is 0 Å². The molecule has 2 atom stereocenters. The largest absolute Gasteiger partial charge is 0.465 e. The first-order valence-corrected chi connectivity index (χ1v) is 6.70. The van der Waals surface area contributed by atoms with Crippen LogP contribution >= 0.6 is 0 Å². The monoisotopic (exact) mass is 283 g/mol. The Kier molecular flexibility index (Phi) is 4.68. The molecule has 1 fully saturated rings. The fraction of sp³-hybridized carbons (Fsp3) is 0.714. The summed E-state index contributed by atoms with van der Waals surface area (Å²) < 4.78 is 4.84. The van der Waals surface area contributed by atoms with Crippen molar-refractivity contribution < 1.29 is 23.9 Å². The fourth-order valence-electron chi connectivity index (χ4n) is 1.95. The van der Waals surface area contributed by atoms with Crippen LogP contribution in [0.1, 0.15) is 34.6 Å². The highest BCUT2D eigenvalue weighted by Gasteiger charge is 2.46. The predicted molar refractivity (Wildman–Crippen MR) is 70.5 cm³/mol. The smallest absolute Gasteiger partial charge is 0.319 e. The minimum absolute atomic E-state index is 0.172. The molecule has 1 rings (SSSR count). The number of esters is 1. The van der Waals surface area contributed by atoms with E-state index in [1.165, 1.54) is 13.8 Å². The van der Waals surface area contributed by atoms with Gasteiger partial charge in [-0.2, -0.15) is 0 Å². The molecule has 2 amide bonds. The van der Waals surface area contributed by atoms with E-state index in [9.17, 15) is 19.2 Å². The quantitative estimate of drug-likeness (QED) is 0.423. The molecule has 112 valence electrons. The van der Waals surface area contributed by atoms with Crippen LogP contribution in [0.4, 0.5) is 0 Å². The number of Topliss-reactive ketones (excluding diaryl/α,β-unsaturated/α-hetero) is 1. The molecule has 0 N–H and O–H groups in total. The Morgan fingerprint density at radius 3 is 2.00 bits per heavy atom. The first-order valence-electron chi connectivity index (χ1n) is 6.70. The van der Waals surface area contributed by atoms with Gasteiger partial charge in [-0.15, -0.1) is 0 Å². The van der Waals surface area contributed by atoms with E-state index < -0.39 is 29.0 Å². The Bertz CT molecular complexity index is 434. The molecular formula is C14H21NO5. The highest BCUT2D eigenvalue weighted by atomic mass is 16.5. The minimum Gasteiger partial charge on any atom is -0.465 e. The van der Waals surface area contributed by atoms with E-state index in [1.54, 1.807) is 20.8 Å². The maximum atomic E-state index is 12.2. The molecule has 0 aromatic heterocycles. The van der Waals surface area contributed by atoms with Crippen LogP contribution in [0.5, 0.6) is 0 Å². The van der Waals surface area contributed by atoms with Crippen molar-refractivity contribution in [3.8, 4) is 0 Å². The van der Waals surface area contributed by atoms with Crippen LogP contribution in [0, 0.1) is 17.3 Å². The first kappa shape index (κ1) is 16.3. The highest BCUT2D eigenvalue weighted by Crippen LogP contribution is 2.27. The van der Waals surface area contributed by atoms with Gasteiger partial charge in [0, 0.05) is 11.8 Å². The molecular weight excluding hydrogens is 262 g/mol. The van der Waals surface area contributed by atoms with Crippen LogP contribution in [0.25, 0.3) is 0 Å². The van der Waals surface area contributed by atoms with Crippen LogP contribution < -0.4 is 0 Å². The van der Waals surface area contributed by atoms with Gasteiger partial charge in [0.1, 0.15) is 5.41 Å². The third-order valence-corrected chi connectivity index (χ3v) is 3.85. The molecule has 6 nitrogen and oxygen atoms in total. The summed E-state index contributed by atoms with van der Waals surface area (Å²) >= 11 is 0. The van der Waals surface area contributed by atoms with Crippen molar-refractivity contribution in [2.45, 2.75) is 34.6 Å². The Morgan fingerprint density at radius 2 is 1.60 bits per heavy atom. The van der Waals surface area contributed by atoms with Gasteiger partial charge < -0.3 is 4.74 Å². The molecule has 0 spiro atoms. The molecule has 0 aromatic carbocycles. The standard InChI is InChI=1S/C14H21NO5/c1-6-20-13(19)14(4,5)10(16)7-15-11(17)8(2)9(3)12(15)18/h8-9H,6-7H2,1-5H3. The molecule has 0 aromatic rings. The van der Waals surface area contributed by atoms with Gasteiger partial charge in [0.2, 0.25) is 11.8 Å². The van der Waals surface area contributed by atoms with E-state index in [0.29, 0.717) is 0 Å². The van der Waals surface area contributed by atoms with Crippen molar-refractivity contribution in [1.82, 2.24) is 4.90 Å². The molecule has 0 radical (unpaired) electrons. The summed E-state index contributed by atoms with van der Waals surface area (Å²) in [5.41, 5.74) is -1.37. The number of nitrogens with zero attached hydrogens (tertiary/aromatic N) is 1. The summed E-state index contributed by atoms with van der Waals surface area (Å²) in [5, 5.41) is 0. The number of hydrogen-bond acceptors (Lipinski definition) is 5. The van der Waals surface area contributed by atoms with Gasteiger partial charge in [-0.05, 0) is 20.8 Å². The molecule has 1 heterocycles. The number of imide groups is 1. The van der Waals surface area contributed by atoms with E-state index >= 15 is 0 Å². The summed E-state index contributed by atoms with van der Waals surface area (Å²) in [6.45, 7) is 7.63. The average molecular weight is 283 g/mol. The maximum Gasteiger partial charge on any atom is 0.319 e. The molecule has 6 heteroatoms. The zero-order chi connectivity index (χ0) is 15.7. The van der Waals surface area contributed by atoms with Crippen molar-refractivity contribution in [3.05, 3.63) is 0 Å². The topological polar surface area (TPSA) is 80.8 Å². The van der Waals surface area contributed by atoms with Crippen LogP contribution in [-0.2, 0) is 23.9 Å². The zero-order valence-electron chi connectivity index (χ0n) is 12.6. The Hall–Kier alpha value is -1.72. The van der Waals surface area contributed by atoms with Crippen LogP contribution in [-0.4, -0.2) is 41.6 Å². The summed E-state index contributed by atoms with van der Waals surface area (Å²) in [7, 11) is 0. The van der Waals surface area contributed by atoms with Crippen molar-refractivity contribution in [3.63, 3.8) is 0 Å². The van der Waals surface area contributed by atoms with Crippen LogP contribution in [0.3, 0.4) is 0 Å². The van der Waals surface area contributed by atoms with E-state index in [0.717, 1.165) is 4.90 Å². The van der Waals surface area contributed by atoms with Crippen LogP contribution in [0.2, 0.25) is 0 Å². The molecule has 0 aliphatic carbocycles. The van der Waals surface area contributed by atoms with Gasteiger partial charge in [0.05, 0.1) is 13.2 Å². The summed E-state index contributed by atoms with van der Waals surface area (Å²) in [5.74, 6) is -2.74. The van der Waals surface area contributed by atoms with Gasteiger partial charge in [0.15, 0.2) is 5.78 Å². The fourth-order valence-corrected chi connectivity index (χ4v) is 1.95. The van der Waals surface area contributed by atoms with Gasteiger partial charge in [0.25, 0.3) is 0 Å². The molecule has 20 heavy (non-hydrogen) atoms. The van der Waals surface area contributed by atoms with E-state index in [4.69, 9.17) is 4.74 Å². The number of rotatable bonds is 5. The predicted octanol–water partition coefficient (Wildman–Crippen LogP) is 0.786. The lowest BCUT2D eigenvalue weighted by molar-refractivity contribution is -0.160. The lowest BCUT2D eigenvalue weighted by Gasteiger charge is -2.23. The molecule has 1 aliphatic heterocycles. The maximum absolute atomic E-state index is 12.2. The average Bonchev–Trinajstić information content (AvgIpc) is 2.56. The summed E-state index contributed by atoms with van der Waals surface area (Å²) in [6.07, 6.45) is 0. The van der Waals surface area contributed by atoms with Crippen molar-refractivity contribution in [2.24, 2.45) is 17.3 Å².